The van der Waals surface area contributed by atoms with Crippen LogP contribution < -0.4 is 5.32 Å². The molecule has 1 fully saturated rings. The number of hydrogen-bond acceptors (Lipinski definition) is 4. The molecule has 1 unspecified atom stereocenters. The maximum Gasteiger partial charge on any atom is 0.328 e. The highest BCUT2D eigenvalue weighted by Crippen LogP contribution is 2.13. The molecule has 1 aliphatic heterocycles. The minimum Gasteiger partial charge on any atom is -0.478 e. The van der Waals surface area contributed by atoms with E-state index in [0.717, 1.165) is 18.9 Å². The van der Waals surface area contributed by atoms with Crippen LogP contribution in [0.15, 0.2) is 12.2 Å². The van der Waals surface area contributed by atoms with Crippen molar-refractivity contribution in [2.24, 2.45) is 0 Å². The van der Waals surface area contributed by atoms with Gasteiger partial charge in [-0.05, 0) is 19.8 Å². The zero-order valence-corrected chi connectivity index (χ0v) is 10.8. The van der Waals surface area contributed by atoms with Gasteiger partial charge in [-0.25, -0.2) is 9.59 Å². The Kier molecular flexibility index (Phi) is 6.01. The van der Waals surface area contributed by atoms with E-state index in [9.17, 15) is 14.4 Å². The smallest absolute Gasteiger partial charge is 0.328 e. The average molecular weight is 270 g/mol. The molecule has 0 aromatic carbocycles. The largest absolute Gasteiger partial charge is 0.478 e. The third-order valence-electron chi connectivity index (χ3n) is 2.72. The van der Waals surface area contributed by atoms with E-state index in [2.05, 4.69) is 5.32 Å². The van der Waals surface area contributed by atoms with E-state index >= 15 is 0 Å². The van der Waals surface area contributed by atoms with Gasteiger partial charge in [0.1, 0.15) is 0 Å². The molecule has 1 rings (SSSR count). The number of carbonyl (C=O) groups excluding carboxylic acids is 2. The maximum atomic E-state index is 11.8. The molecule has 0 saturated carbocycles. The number of rotatable bonds is 5. The first-order chi connectivity index (χ1) is 9.02. The first kappa shape index (κ1) is 15.2. The number of nitrogens with one attached hydrogen (secondary N) is 1. The summed E-state index contributed by atoms with van der Waals surface area (Å²) in [7, 11) is 0. The highest BCUT2D eigenvalue weighted by atomic mass is 16.5. The van der Waals surface area contributed by atoms with Crippen LogP contribution in [0.2, 0.25) is 0 Å². The van der Waals surface area contributed by atoms with Crippen molar-refractivity contribution in [3.63, 3.8) is 0 Å². The molecule has 7 nitrogen and oxygen atoms in total. The highest BCUT2D eigenvalue weighted by molar-refractivity contribution is 6.02. The molecule has 2 N–H and O–H groups in total. The normalized spacial score (nSPS) is 18.5. The Morgan fingerprint density at radius 1 is 1.42 bits per heavy atom. The highest BCUT2D eigenvalue weighted by Gasteiger charge is 2.22. The van der Waals surface area contributed by atoms with Crippen LogP contribution in [0.25, 0.3) is 0 Å². The molecule has 0 aromatic rings. The summed E-state index contributed by atoms with van der Waals surface area (Å²) in [5, 5.41) is 10.5. The molecule has 0 radical (unpaired) electrons. The number of aliphatic carboxylic acids is 1. The summed E-state index contributed by atoms with van der Waals surface area (Å²) in [6.45, 7) is 3.37. The van der Waals surface area contributed by atoms with E-state index in [1.807, 2.05) is 0 Å². The Morgan fingerprint density at radius 2 is 2.16 bits per heavy atom. The average Bonchev–Trinajstić information content (AvgIpc) is 2.86. The van der Waals surface area contributed by atoms with Crippen LogP contribution in [0, 0.1) is 0 Å². The molecule has 1 saturated heterocycles. The monoisotopic (exact) mass is 270 g/mol. The van der Waals surface area contributed by atoms with Crippen LogP contribution in [-0.4, -0.2) is 53.7 Å². The second kappa shape index (κ2) is 7.52. The molecule has 19 heavy (non-hydrogen) atoms. The summed E-state index contributed by atoms with van der Waals surface area (Å²) in [6.07, 6.45) is 3.37. The molecule has 1 heterocycles. The molecule has 1 atom stereocenters. The maximum absolute atomic E-state index is 11.8. The molecule has 3 amide bonds. The van der Waals surface area contributed by atoms with E-state index in [1.54, 1.807) is 6.92 Å². The van der Waals surface area contributed by atoms with Gasteiger partial charge in [0.05, 0.1) is 6.10 Å². The molecule has 7 heteroatoms. The molecule has 0 spiro atoms. The predicted octanol–water partition coefficient (Wildman–Crippen LogP) is 0.364. The zero-order chi connectivity index (χ0) is 14.3. The van der Waals surface area contributed by atoms with Crippen LogP contribution in [0.1, 0.15) is 19.8 Å². The molecular weight excluding hydrogens is 252 g/mol. The molecule has 1 aliphatic rings. The number of carboxylic acid groups (broad SMARTS) is 1. The minimum absolute atomic E-state index is 0.00960. The van der Waals surface area contributed by atoms with Crippen molar-refractivity contribution < 1.29 is 24.2 Å². The number of urea groups is 1. The van der Waals surface area contributed by atoms with Gasteiger partial charge in [-0.2, -0.15) is 0 Å². The van der Waals surface area contributed by atoms with Gasteiger partial charge >= 0.3 is 12.0 Å². The van der Waals surface area contributed by atoms with Crippen LogP contribution in [0.3, 0.4) is 0 Å². The SMILES string of the molecule is CCN(CC1CCCO1)C(=O)NC(=O)C=CC(=O)O. The van der Waals surface area contributed by atoms with Gasteiger partial charge < -0.3 is 14.7 Å². The van der Waals surface area contributed by atoms with Crippen molar-refractivity contribution in [1.29, 1.82) is 0 Å². The third-order valence-corrected chi connectivity index (χ3v) is 2.72. The fourth-order valence-corrected chi connectivity index (χ4v) is 1.76. The fourth-order valence-electron chi connectivity index (χ4n) is 1.76. The lowest BCUT2D eigenvalue weighted by Gasteiger charge is -2.23. The quantitative estimate of drug-likeness (QED) is 0.703. The van der Waals surface area contributed by atoms with Crippen molar-refractivity contribution in [3.05, 3.63) is 12.2 Å². The van der Waals surface area contributed by atoms with Gasteiger partial charge in [-0.15, -0.1) is 0 Å². The Morgan fingerprint density at radius 3 is 2.68 bits per heavy atom. The Balaban J connectivity index is 2.44. The second-order valence-corrected chi connectivity index (χ2v) is 4.14. The van der Waals surface area contributed by atoms with Crippen molar-refractivity contribution in [1.82, 2.24) is 10.2 Å². The van der Waals surface area contributed by atoms with Crippen LogP contribution >= 0.6 is 0 Å². The van der Waals surface area contributed by atoms with Gasteiger partial charge in [0.25, 0.3) is 5.91 Å². The molecule has 0 aromatic heterocycles. The lowest BCUT2D eigenvalue weighted by molar-refractivity contribution is -0.131. The van der Waals surface area contributed by atoms with Crippen molar-refractivity contribution in [2.75, 3.05) is 19.7 Å². The first-order valence-electron chi connectivity index (χ1n) is 6.15. The molecule has 106 valence electrons. The number of imide groups is 1. The molecule has 0 bridgehead atoms. The van der Waals surface area contributed by atoms with Gasteiger partial charge in [0.15, 0.2) is 0 Å². The van der Waals surface area contributed by atoms with Gasteiger partial charge in [0.2, 0.25) is 0 Å². The van der Waals surface area contributed by atoms with Gasteiger partial charge in [-0.1, -0.05) is 0 Å². The second-order valence-electron chi connectivity index (χ2n) is 4.14. The van der Waals surface area contributed by atoms with Crippen molar-refractivity contribution >= 4 is 17.9 Å². The molecule has 0 aliphatic carbocycles. The Hall–Kier alpha value is -1.89. The standard InChI is InChI=1S/C12H18N2O5/c1-2-14(8-9-4-3-7-19-9)12(18)13-10(15)5-6-11(16)17/h5-6,9H,2-4,7-8H2,1H3,(H,16,17)(H,13,15,18). The summed E-state index contributed by atoms with van der Waals surface area (Å²) in [4.78, 5) is 34.7. The summed E-state index contributed by atoms with van der Waals surface area (Å²) >= 11 is 0. The topological polar surface area (TPSA) is 95.9 Å². The minimum atomic E-state index is -1.24. The van der Waals surface area contributed by atoms with E-state index < -0.39 is 17.9 Å². The zero-order valence-electron chi connectivity index (χ0n) is 10.8. The number of ether oxygens (including phenoxy) is 1. The van der Waals surface area contributed by atoms with Gasteiger partial charge in [0, 0.05) is 31.8 Å². The van der Waals surface area contributed by atoms with E-state index in [4.69, 9.17) is 9.84 Å². The van der Waals surface area contributed by atoms with Crippen molar-refractivity contribution in [3.8, 4) is 0 Å². The van der Waals surface area contributed by atoms with E-state index in [1.165, 1.54) is 4.90 Å². The number of likely N-dealkylation sites (N-methyl/N-ethyl adjacent to an activating group) is 1. The summed E-state index contributed by atoms with van der Waals surface area (Å²) in [5.41, 5.74) is 0. The fraction of sp³-hybridized carbons (Fsp3) is 0.583. The number of carboxylic acids is 1. The van der Waals surface area contributed by atoms with E-state index in [-0.39, 0.29) is 6.10 Å². The third kappa shape index (κ3) is 5.52. The predicted molar refractivity (Wildman–Crippen MR) is 66.5 cm³/mol. The number of amides is 3. The van der Waals surface area contributed by atoms with Crippen LogP contribution in [0.4, 0.5) is 4.79 Å². The summed E-state index contributed by atoms with van der Waals surface area (Å²) in [5.74, 6) is -1.99. The number of nitrogens with zero attached hydrogens (tertiary/aromatic N) is 1. The Bertz CT molecular complexity index is 374. The molecular formula is C12H18N2O5. The Labute approximate surface area is 111 Å². The number of carbonyl (C=O) groups is 3. The first-order valence-corrected chi connectivity index (χ1v) is 6.15. The number of hydrogen-bond donors (Lipinski definition) is 2. The van der Waals surface area contributed by atoms with E-state index in [0.29, 0.717) is 25.8 Å². The van der Waals surface area contributed by atoms with Crippen LogP contribution in [-0.2, 0) is 14.3 Å². The summed E-state index contributed by atoms with van der Waals surface area (Å²) in [6, 6.07) is -0.543. The van der Waals surface area contributed by atoms with Crippen LogP contribution in [0.5, 0.6) is 0 Å². The lowest BCUT2D eigenvalue weighted by atomic mass is 10.2. The lowest BCUT2D eigenvalue weighted by Crippen LogP contribution is -2.45. The summed E-state index contributed by atoms with van der Waals surface area (Å²) < 4.78 is 5.42. The van der Waals surface area contributed by atoms with Crippen molar-refractivity contribution in [2.45, 2.75) is 25.9 Å². The van der Waals surface area contributed by atoms with Gasteiger partial charge in [-0.3, -0.25) is 10.1 Å².